The van der Waals surface area contributed by atoms with E-state index in [-0.39, 0.29) is 0 Å². The van der Waals surface area contributed by atoms with Crippen molar-refractivity contribution < 1.29 is 0 Å². The van der Waals surface area contributed by atoms with Crippen LogP contribution in [0, 0.1) is 0 Å². The van der Waals surface area contributed by atoms with Crippen LogP contribution in [0.3, 0.4) is 0 Å². The van der Waals surface area contributed by atoms with Gasteiger partial charge in [-0.15, -0.1) is 0 Å². The summed E-state index contributed by atoms with van der Waals surface area (Å²) in [5, 5.41) is 0.792. The number of aliphatic imine (C=N–C) groups is 1. The predicted octanol–water partition coefficient (Wildman–Crippen LogP) is 4.67. The molecule has 0 aromatic heterocycles. The first-order chi connectivity index (χ1) is 10.3. The lowest BCUT2D eigenvalue weighted by atomic mass is 10.1. The lowest BCUT2D eigenvalue weighted by molar-refractivity contribution is 0.443. The SMILES string of the molecule is Clc1ccccc1/C=C1\CCN2Cc3ccccc3N=C12. The van der Waals surface area contributed by atoms with Crippen LogP contribution >= 0.6 is 11.6 Å². The van der Waals surface area contributed by atoms with Crippen LogP contribution in [0.15, 0.2) is 59.1 Å². The zero-order chi connectivity index (χ0) is 14.2. The lowest BCUT2D eigenvalue weighted by Gasteiger charge is -2.24. The molecule has 0 unspecified atom stereocenters. The van der Waals surface area contributed by atoms with Crippen LogP contribution in [0.5, 0.6) is 0 Å². The Morgan fingerprint density at radius 2 is 1.86 bits per heavy atom. The van der Waals surface area contributed by atoms with Crippen molar-refractivity contribution in [2.75, 3.05) is 6.54 Å². The molecule has 0 spiro atoms. The highest BCUT2D eigenvalue weighted by atomic mass is 35.5. The Bertz CT molecular complexity index is 761. The van der Waals surface area contributed by atoms with Gasteiger partial charge in [0, 0.05) is 18.1 Å². The second kappa shape index (κ2) is 5.05. The van der Waals surface area contributed by atoms with Gasteiger partial charge in [0.2, 0.25) is 0 Å². The average Bonchev–Trinajstić information content (AvgIpc) is 2.89. The largest absolute Gasteiger partial charge is 0.352 e. The van der Waals surface area contributed by atoms with Crippen molar-refractivity contribution in [1.82, 2.24) is 4.90 Å². The van der Waals surface area contributed by atoms with E-state index in [0.717, 1.165) is 41.6 Å². The highest BCUT2D eigenvalue weighted by Gasteiger charge is 2.27. The average molecular weight is 295 g/mol. The van der Waals surface area contributed by atoms with Gasteiger partial charge in [0.15, 0.2) is 0 Å². The first-order valence-corrected chi connectivity index (χ1v) is 7.56. The first kappa shape index (κ1) is 12.7. The molecule has 2 heterocycles. The molecule has 0 aliphatic carbocycles. The van der Waals surface area contributed by atoms with Gasteiger partial charge in [0.05, 0.1) is 5.69 Å². The number of halogens is 1. The van der Waals surface area contributed by atoms with E-state index in [1.54, 1.807) is 0 Å². The van der Waals surface area contributed by atoms with Crippen LogP contribution in [0.1, 0.15) is 17.5 Å². The van der Waals surface area contributed by atoms with Gasteiger partial charge in [-0.3, -0.25) is 0 Å². The highest BCUT2D eigenvalue weighted by molar-refractivity contribution is 6.32. The Kier molecular flexibility index (Phi) is 3.04. The van der Waals surface area contributed by atoms with Gasteiger partial charge < -0.3 is 4.90 Å². The van der Waals surface area contributed by atoms with Crippen molar-refractivity contribution in [2.24, 2.45) is 4.99 Å². The molecule has 4 rings (SSSR count). The van der Waals surface area contributed by atoms with Crippen molar-refractivity contribution >= 4 is 29.2 Å². The Labute approximate surface area is 129 Å². The number of benzene rings is 2. The topological polar surface area (TPSA) is 15.6 Å². The minimum Gasteiger partial charge on any atom is -0.352 e. The van der Waals surface area contributed by atoms with Gasteiger partial charge >= 0.3 is 0 Å². The van der Waals surface area contributed by atoms with Crippen LogP contribution in [0.2, 0.25) is 5.02 Å². The maximum absolute atomic E-state index is 6.26. The third-order valence-corrected chi connectivity index (χ3v) is 4.40. The molecule has 3 heteroatoms. The molecular formula is C18H15ClN2. The van der Waals surface area contributed by atoms with Crippen LogP contribution in [-0.2, 0) is 6.54 Å². The van der Waals surface area contributed by atoms with Crippen LogP contribution in [0.4, 0.5) is 5.69 Å². The number of fused-ring (bicyclic) bond motifs is 2. The van der Waals surface area contributed by atoms with E-state index >= 15 is 0 Å². The molecule has 0 amide bonds. The number of hydrogen-bond acceptors (Lipinski definition) is 2. The van der Waals surface area contributed by atoms with Crippen molar-refractivity contribution in [2.45, 2.75) is 13.0 Å². The van der Waals surface area contributed by atoms with E-state index in [0.29, 0.717) is 0 Å². The molecule has 0 saturated carbocycles. The Balaban J connectivity index is 1.77. The molecule has 21 heavy (non-hydrogen) atoms. The third kappa shape index (κ3) is 2.26. The second-order valence-corrected chi connectivity index (χ2v) is 5.83. The van der Waals surface area contributed by atoms with Crippen molar-refractivity contribution in [3.63, 3.8) is 0 Å². The molecule has 0 bridgehead atoms. The Hall–Kier alpha value is -2.06. The van der Waals surface area contributed by atoms with E-state index in [4.69, 9.17) is 16.6 Å². The van der Waals surface area contributed by atoms with Crippen molar-refractivity contribution in [3.05, 3.63) is 70.3 Å². The molecule has 1 fully saturated rings. The quantitative estimate of drug-likeness (QED) is 0.746. The van der Waals surface area contributed by atoms with E-state index in [9.17, 15) is 0 Å². The zero-order valence-corrected chi connectivity index (χ0v) is 12.3. The summed E-state index contributed by atoms with van der Waals surface area (Å²) < 4.78 is 0. The lowest BCUT2D eigenvalue weighted by Crippen LogP contribution is -2.27. The summed E-state index contributed by atoms with van der Waals surface area (Å²) in [6.07, 6.45) is 3.20. The Morgan fingerprint density at radius 3 is 2.76 bits per heavy atom. The van der Waals surface area contributed by atoms with E-state index < -0.39 is 0 Å². The standard InChI is InChI=1S/C18H15ClN2/c19-16-7-3-1-5-13(16)11-14-9-10-21-12-15-6-2-4-8-17(15)20-18(14)21/h1-8,11H,9-10,12H2/b14-11+. The smallest absolute Gasteiger partial charge is 0.132 e. The first-order valence-electron chi connectivity index (χ1n) is 7.18. The number of rotatable bonds is 1. The Morgan fingerprint density at radius 1 is 1.05 bits per heavy atom. The monoisotopic (exact) mass is 294 g/mol. The minimum absolute atomic E-state index is 0.792. The van der Waals surface area contributed by atoms with E-state index in [1.807, 2.05) is 24.3 Å². The summed E-state index contributed by atoms with van der Waals surface area (Å²) >= 11 is 6.26. The van der Waals surface area contributed by atoms with E-state index in [2.05, 4.69) is 35.2 Å². The summed E-state index contributed by atoms with van der Waals surface area (Å²) in [4.78, 5) is 7.20. The second-order valence-electron chi connectivity index (χ2n) is 5.43. The molecule has 2 aromatic carbocycles. The molecule has 2 aliphatic rings. The molecule has 2 aromatic rings. The fourth-order valence-electron chi connectivity index (χ4n) is 2.96. The van der Waals surface area contributed by atoms with Gasteiger partial charge in [-0.05, 0) is 41.3 Å². The summed E-state index contributed by atoms with van der Waals surface area (Å²) in [5.41, 5.74) is 4.74. The van der Waals surface area contributed by atoms with Crippen LogP contribution < -0.4 is 0 Å². The highest BCUT2D eigenvalue weighted by Crippen LogP contribution is 2.33. The summed E-state index contributed by atoms with van der Waals surface area (Å²) in [6, 6.07) is 16.3. The van der Waals surface area contributed by atoms with Crippen molar-refractivity contribution in [3.8, 4) is 0 Å². The van der Waals surface area contributed by atoms with Gasteiger partial charge in [-0.25, -0.2) is 4.99 Å². The number of para-hydroxylation sites is 1. The van der Waals surface area contributed by atoms with Gasteiger partial charge in [-0.2, -0.15) is 0 Å². The predicted molar refractivity (Wildman–Crippen MR) is 88.0 cm³/mol. The molecule has 0 N–H and O–H groups in total. The molecular weight excluding hydrogens is 280 g/mol. The van der Waals surface area contributed by atoms with Gasteiger partial charge in [0.1, 0.15) is 5.84 Å². The summed E-state index contributed by atoms with van der Waals surface area (Å²) in [5.74, 6) is 1.11. The van der Waals surface area contributed by atoms with Gasteiger partial charge in [0.25, 0.3) is 0 Å². The van der Waals surface area contributed by atoms with Gasteiger partial charge in [-0.1, -0.05) is 48.0 Å². The van der Waals surface area contributed by atoms with Crippen LogP contribution in [-0.4, -0.2) is 17.3 Å². The summed E-state index contributed by atoms with van der Waals surface area (Å²) in [7, 11) is 0. The fraction of sp³-hybridized carbons (Fsp3) is 0.167. The minimum atomic E-state index is 0.792. The molecule has 104 valence electrons. The van der Waals surface area contributed by atoms with Crippen molar-refractivity contribution in [1.29, 1.82) is 0 Å². The maximum Gasteiger partial charge on any atom is 0.132 e. The molecule has 0 radical (unpaired) electrons. The zero-order valence-electron chi connectivity index (χ0n) is 11.6. The normalized spacial score (nSPS) is 18.4. The molecule has 1 saturated heterocycles. The third-order valence-electron chi connectivity index (χ3n) is 4.05. The maximum atomic E-state index is 6.26. The fourth-order valence-corrected chi connectivity index (χ4v) is 3.15. The van der Waals surface area contributed by atoms with Crippen LogP contribution in [0.25, 0.3) is 6.08 Å². The molecule has 0 atom stereocenters. The number of nitrogens with zero attached hydrogens (tertiary/aromatic N) is 2. The molecule has 2 aliphatic heterocycles. The number of amidine groups is 1. The van der Waals surface area contributed by atoms with E-state index in [1.165, 1.54) is 11.1 Å². The number of hydrogen-bond donors (Lipinski definition) is 0. The molecule has 2 nitrogen and oxygen atoms in total. The summed E-state index contributed by atoms with van der Waals surface area (Å²) in [6.45, 7) is 1.98.